The summed E-state index contributed by atoms with van der Waals surface area (Å²) in [6.45, 7) is 4.63. The molecular formula is C13H20ClN. The zero-order valence-corrected chi connectivity index (χ0v) is 10.1. The molecule has 1 saturated heterocycles. The van der Waals surface area contributed by atoms with Gasteiger partial charge in [0, 0.05) is 0 Å². The smallest absolute Gasteiger partial charge is 0.00462 e. The first-order valence-electron chi connectivity index (χ1n) is 5.61. The number of nitrogens with one attached hydrogen (secondary N) is 1. The van der Waals surface area contributed by atoms with E-state index in [2.05, 4.69) is 36.5 Å². The molecule has 0 atom stereocenters. The SMILES string of the molecule is Cc1ccccc1CC1CCNCC1.Cl. The minimum absolute atomic E-state index is 0. The van der Waals surface area contributed by atoms with Crippen molar-refractivity contribution >= 4 is 12.4 Å². The van der Waals surface area contributed by atoms with Gasteiger partial charge in [-0.15, -0.1) is 12.4 Å². The first-order chi connectivity index (χ1) is 6.86. The number of hydrogen-bond donors (Lipinski definition) is 1. The quantitative estimate of drug-likeness (QED) is 0.816. The molecule has 1 aliphatic rings. The summed E-state index contributed by atoms with van der Waals surface area (Å²) < 4.78 is 0. The number of benzene rings is 1. The Morgan fingerprint density at radius 1 is 1.20 bits per heavy atom. The number of hydrogen-bond acceptors (Lipinski definition) is 1. The summed E-state index contributed by atoms with van der Waals surface area (Å²) >= 11 is 0. The van der Waals surface area contributed by atoms with Crippen LogP contribution in [-0.2, 0) is 6.42 Å². The molecule has 0 bridgehead atoms. The zero-order chi connectivity index (χ0) is 9.80. The summed E-state index contributed by atoms with van der Waals surface area (Å²) in [5.74, 6) is 0.900. The van der Waals surface area contributed by atoms with Gasteiger partial charge in [0.25, 0.3) is 0 Å². The summed E-state index contributed by atoms with van der Waals surface area (Å²) in [5, 5.41) is 3.42. The lowest BCUT2D eigenvalue weighted by Gasteiger charge is -2.23. The largest absolute Gasteiger partial charge is 0.317 e. The molecule has 0 saturated carbocycles. The molecule has 1 N–H and O–H groups in total. The van der Waals surface area contributed by atoms with E-state index in [0.29, 0.717) is 0 Å². The highest BCUT2D eigenvalue weighted by Crippen LogP contribution is 2.19. The predicted molar refractivity (Wildman–Crippen MR) is 67.7 cm³/mol. The van der Waals surface area contributed by atoms with Crippen LogP contribution in [-0.4, -0.2) is 13.1 Å². The van der Waals surface area contributed by atoms with Gasteiger partial charge in [-0.3, -0.25) is 0 Å². The van der Waals surface area contributed by atoms with Crippen molar-refractivity contribution in [3.63, 3.8) is 0 Å². The maximum atomic E-state index is 3.42. The summed E-state index contributed by atoms with van der Waals surface area (Å²) in [6, 6.07) is 8.78. The fourth-order valence-corrected chi connectivity index (χ4v) is 2.24. The lowest BCUT2D eigenvalue weighted by atomic mass is 9.89. The normalized spacial score (nSPS) is 17.1. The molecule has 0 aliphatic carbocycles. The highest BCUT2D eigenvalue weighted by atomic mass is 35.5. The molecule has 1 aromatic carbocycles. The Hall–Kier alpha value is -0.530. The van der Waals surface area contributed by atoms with E-state index in [-0.39, 0.29) is 12.4 Å². The van der Waals surface area contributed by atoms with Gasteiger partial charge in [-0.1, -0.05) is 24.3 Å². The van der Waals surface area contributed by atoms with Gasteiger partial charge in [0.1, 0.15) is 0 Å². The summed E-state index contributed by atoms with van der Waals surface area (Å²) in [6.07, 6.45) is 3.96. The maximum absolute atomic E-state index is 3.42. The Morgan fingerprint density at radius 3 is 2.53 bits per heavy atom. The van der Waals surface area contributed by atoms with Crippen LogP contribution in [0.2, 0.25) is 0 Å². The van der Waals surface area contributed by atoms with Crippen LogP contribution in [0, 0.1) is 12.8 Å². The van der Waals surface area contributed by atoms with E-state index in [9.17, 15) is 0 Å². The Balaban J connectivity index is 0.00000112. The van der Waals surface area contributed by atoms with Crippen molar-refractivity contribution < 1.29 is 0 Å². The first-order valence-corrected chi connectivity index (χ1v) is 5.61. The Bertz CT molecular complexity index is 292. The standard InChI is InChI=1S/C13H19N.ClH/c1-11-4-2-3-5-13(11)10-12-6-8-14-9-7-12;/h2-5,12,14H,6-10H2,1H3;1H. The van der Waals surface area contributed by atoms with Crippen LogP contribution >= 0.6 is 12.4 Å². The van der Waals surface area contributed by atoms with Gasteiger partial charge in [0.05, 0.1) is 0 Å². The highest BCUT2D eigenvalue weighted by molar-refractivity contribution is 5.85. The Labute approximate surface area is 98.7 Å². The van der Waals surface area contributed by atoms with Gasteiger partial charge in [-0.25, -0.2) is 0 Å². The molecule has 1 aromatic rings. The van der Waals surface area contributed by atoms with Crippen LogP contribution < -0.4 is 5.32 Å². The van der Waals surface area contributed by atoms with Gasteiger partial charge in [0.15, 0.2) is 0 Å². The molecule has 1 aliphatic heterocycles. The van der Waals surface area contributed by atoms with Crippen LogP contribution in [0.1, 0.15) is 24.0 Å². The third-order valence-electron chi connectivity index (χ3n) is 3.23. The third kappa shape index (κ3) is 3.51. The van der Waals surface area contributed by atoms with Crippen molar-refractivity contribution in [2.75, 3.05) is 13.1 Å². The molecule has 0 amide bonds. The molecule has 0 unspecified atom stereocenters. The summed E-state index contributed by atoms with van der Waals surface area (Å²) in [4.78, 5) is 0. The second kappa shape index (κ2) is 6.14. The lowest BCUT2D eigenvalue weighted by molar-refractivity contribution is 0.372. The minimum Gasteiger partial charge on any atom is -0.317 e. The van der Waals surface area contributed by atoms with Crippen molar-refractivity contribution in [2.45, 2.75) is 26.2 Å². The molecule has 1 fully saturated rings. The van der Waals surface area contributed by atoms with Crippen LogP contribution in [0.25, 0.3) is 0 Å². The minimum atomic E-state index is 0. The predicted octanol–water partition coefficient (Wildman–Crippen LogP) is 2.96. The molecule has 1 nitrogen and oxygen atoms in total. The summed E-state index contributed by atoms with van der Waals surface area (Å²) in [7, 11) is 0. The molecule has 2 heteroatoms. The van der Waals surface area contributed by atoms with Crippen LogP contribution in [0.4, 0.5) is 0 Å². The number of piperidine rings is 1. The van der Waals surface area contributed by atoms with E-state index in [1.807, 2.05) is 0 Å². The van der Waals surface area contributed by atoms with Gasteiger partial charge < -0.3 is 5.32 Å². The van der Waals surface area contributed by atoms with Crippen molar-refractivity contribution in [3.8, 4) is 0 Å². The van der Waals surface area contributed by atoms with Crippen LogP contribution in [0.3, 0.4) is 0 Å². The zero-order valence-electron chi connectivity index (χ0n) is 9.33. The van der Waals surface area contributed by atoms with Gasteiger partial charge >= 0.3 is 0 Å². The van der Waals surface area contributed by atoms with Crippen molar-refractivity contribution in [1.29, 1.82) is 0 Å². The fraction of sp³-hybridized carbons (Fsp3) is 0.538. The fourth-order valence-electron chi connectivity index (χ4n) is 2.24. The number of rotatable bonds is 2. The highest BCUT2D eigenvalue weighted by Gasteiger charge is 2.13. The number of halogens is 1. The maximum Gasteiger partial charge on any atom is -0.00462 e. The molecule has 0 radical (unpaired) electrons. The molecule has 0 aromatic heterocycles. The molecule has 1 heterocycles. The van der Waals surface area contributed by atoms with E-state index in [4.69, 9.17) is 0 Å². The number of aryl methyl sites for hydroxylation is 1. The van der Waals surface area contributed by atoms with Crippen molar-refractivity contribution in [3.05, 3.63) is 35.4 Å². The van der Waals surface area contributed by atoms with Crippen molar-refractivity contribution in [2.24, 2.45) is 5.92 Å². The molecular weight excluding hydrogens is 206 g/mol. The van der Waals surface area contributed by atoms with E-state index in [1.165, 1.54) is 37.9 Å². The van der Waals surface area contributed by atoms with Gasteiger partial charge in [-0.2, -0.15) is 0 Å². The van der Waals surface area contributed by atoms with Crippen molar-refractivity contribution in [1.82, 2.24) is 5.32 Å². The lowest BCUT2D eigenvalue weighted by Crippen LogP contribution is -2.28. The van der Waals surface area contributed by atoms with Crippen LogP contribution in [0.5, 0.6) is 0 Å². The van der Waals surface area contributed by atoms with Gasteiger partial charge in [0.2, 0.25) is 0 Å². The van der Waals surface area contributed by atoms with E-state index >= 15 is 0 Å². The average molecular weight is 226 g/mol. The molecule has 2 rings (SSSR count). The molecule has 84 valence electrons. The monoisotopic (exact) mass is 225 g/mol. The summed E-state index contributed by atoms with van der Waals surface area (Å²) in [5.41, 5.74) is 2.99. The van der Waals surface area contributed by atoms with E-state index < -0.39 is 0 Å². The van der Waals surface area contributed by atoms with Gasteiger partial charge in [-0.05, 0) is 56.3 Å². The molecule has 15 heavy (non-hydrogen) atoms. The Kier molecular flexibility index (Phi) is 5.13. The molecule has 0 spiro atoms. The van der Waals surface area contributed by atoms with E-state index in [1.54, 1.807) is 5.56 Å². The second-order valence-corrected chi connectivity index (χ2v) is 4.32. The average Bonchev–Trinajstić information content (AvgIpc) is 2.23. The third-order valence-corrected chi connectivity index (χ3v) is 3.23. The Morgan fingerprint density at radius 2 is 1.87 bits per heavy atom. The topological polar surface area (TPSA) is 12.0 Å². The first kappa shape index (κ1) is 12.5. The van der Waals surface area contributed by atoms with E-state index in [0.717, 1.165) is 5.92 Å². The van der Waals surface area contributed by atoms with Crippen LogP contribution in [0.15, 0.2) is 24.3 Å². The second-order valence-electron chi connectivity index (χ2n) is 4.32.